The first-order valence-corrected chi connectivity index (χ1v) is 19.8. The number of nitrogens with zero attached hydrogens (tertiary/aromatic N) is 3. The Hall–Kier alpha value is -4.83. The highest BCUT2D eigenvalue weighted by atomic mass is 16.7. The summed E-state index contributed by atoms with van der Waals surface area (Å²) in [7, 11) is 3.47. The number of allylic oxidation sites excluding steroid dienone is 2. The summed E-state index contributed by atoms with van der Waals surface area (Å²) in [5.74, 6) is -7.04. The van der Waals surface area contributed by atoms with E-state index in [1.54, 1.807) is 59.8 Å². The topological polar surface area (TPSA) is 209 Å². The molecule has 15 nitrogen and oxygen atoms in total. The fourth-order valence-corrected chi connectivity index (χ4v) is 8.60. The average Bonchev–Trinajstić information content (AvgIpc) is 3.69. The van der Waals surface area contributed by atoms with E-state index >= 15 is 0 Å². The summed E-state index contributed by atoms with van der Waals surface area (Å²) in [5, 5.41) is 50.2. The molecule has 0 saturated carbocycles. The zero-order valence-electron chi connectivity index (χ0n) is 34.8. The van der Waals surface area contributed by atoms with E-state index in [0.29, 0.717) is 31.6 Å². The second-order valence-corrected chi connectivity index (χ2v) is 16.6. The highest BCUT2D eigenvalue weighted by Crippen LogP contribution is 2.51. The molecule has 9 unspecified atom stereocenters. The van der Waals surface area contributed by atoms with Crippen molar-refractivity contribution >= 4 is 34.1 Å². The molecule has 0 aromatic heterocycles. The van der Waals surface area contributed by atoms with Crippen LogP contribution in [0.5, 0.6) is 17.2 Å². The van der Waals surface area contributed by atoms with Crippen molar-refractivity contribution < 1.29 is 53.8 Å². The van der Waals surface area contributed by atoms with Gasteiger partial charge in [0.25, 0.3) is 11.7 Å². The van der Waals surface area contributed by atoms with E-state index in [-0.39, 0.29) is 49.7 Å². The van der Waals surface area contributed by atoms with Crippen LogP contribution < -0.4 is 20.8 Å². The van der Waals surface area contributed by atoms with Crippen LogP contribution in [0.1, 0.15) is 77.2 Å². The Labute approximate surface area is 337 Å². The first-order chi connectivity index (χ1) is 27.3. The standard InChI is InChI=1S/C43H56N4O11/c1-20-12-11-13-21(2)41(54)44-33-32-31(45-43(46-32)15-17-47(9)18-16-43)28-29(37(33)52)36(51)25(6)39-30(28)40(53)42(8,58-39)56-19-14-27(55-10)22(3)38(57-26(7)48)24(5)35(50)23(4)34(20)49/h11-14,19-20,22-24,27,34-35,38,45,49-52H,15-18H2,1-10H3/b12-11+,19-14-,21-13-,44-33?. The van der Waals surface area contributed by atoms with Gasteiger partial charge < -0.3 is 49.6 Å². The SMILES string of the molecule is COC1/C=C\OC2(C)Oc3c(C)c(O)c4c(O)c(c5c(c4c3C2=O)NC2(CCN(C)CC2)N=5)=NC(=O)/C(C)=C\C=C\C(C)C(O)C(C)C(O)C(C)C(OC(C)=O)C1C. The number of benzene rings is 2. The number of hydrogen-bond donors (Lipinski definition) is 5. The number of aliphatic hydroxyl groups excluding tert-OH is 2. The highest BCUT2D eigenvalue weighted by Gasteiger charge is 2.50. The van der Waals surface area contributed by atoms with Crippen LogP contribution in [0.15, 0.2) is 46.1 Å². The quantitative estimate of drug-likeness (QED) is 0.217. The van der Waals surface area contributed by atoms with Crippen molar-refractivity contribution in [2.24, 2.45) is 33.7 Å². The van der Waals surface area contributed by atoms with Gasteiger partial charge in [-0.15, -0.1) is 0 Å². The van der Waals surface area contributed by atoms with Gasteiger partial charge in [0.05, 0.1) is 41.2 Å². The van der Waals surface area contributed by atoms with Crippen LogP contribution in [0.3, 0.4) is 0 Å². The number of esters is 1. The largest absolute Gasteiger partial charge is 0.507 e. The third kappa shape index (κ3) is 7.49. The van der Waals surface area contributed by atoms with E-state index in [1.165, 1.54) is 33.3 Å². The molecule has 1 spiro atoms. The fourth-order valence-electron chi connectivity index (χ4n) is 8.60. The van der Waals surface area contributed by atoms with Crippen LogP contribution in [0.25, 0.3) is 10.8 Å². The van der Waals surface area contributed by atoms with E-state index in [4.69, 9.17) is 23.9 Å². The fraction of sp³-hybridized carbons (Fsp3) is 0.558. The van der Waals surface area contributed by atoms with Crippen molar-refractivity contribution in [2.45, 2.75) is 104 Å². The Balaban J connectivity index is 1.57. The normalized spacial score (nSPS) is 33.6. The molecule has 0 radical (unpaired) electrons. The van der Waals surface area contributed by atoms with Crippen molar-refractivity contribution in [2.75, 3.05) is 32.6 Å². The molecule has 1 fully saturated rings. The number of carbonyl (C=O) groups excluding carboxylic acids is 3. The molecule has 4 heterocycles. The number of Topliss-reactive ketones (excluding diaryl/α,β-unsaturated/α-hetero) is 1. The summed E-state index contributed by atoms with van der Waals surface area (Å²) < 4.78 is 23.9. The summed E-state index contributed by atoms with van der Waals surface area (Å²) >= 11 is 0. The third-order valence-corrected chi connectivity index (χ3v) is 12.4. The number of phenolic OH excluding ortho intramolecular Hbond substituents is 2. The zero-order chi connectivity index (χ0) is 42.6. The predicted molar refractivity (Wildman–Crippen MR) is 214 cm³/mol. The van der Waals surface area contributed by atoms with Gasteiger partial charge in [0.2, 0.25) is 0 Å². The van der Waals surface area contributed by atoms with E-state index in [9.17, 15) is 34.8 Å². The molecule has 6 rings (SSSR count). The molecule has 4 aliphatic rings. The molecule has 15 heteroatoms. The van der Waals surface area contributed by atoms with Gasteiger partial charge in [0.15, 0.2) is 5.75 Å². The second kappa shape index (κ2) is 16.1. The van der Waals surface area contributed by atoms with Crippen LogP contribution in [-0.2, 0) is 23.8 Å². The Morgan fingerprint density at radius 2 is 1.64 bits per heavy atom. The number of anilines is 1. The number of rotatable bonds is 2. The van der Waals surface area contributed by atoms with Gasteiger partial charge in [-0.25, -0.2) is 4.99 Å². The van der Waals surface area contributed by atoms with Crippen LogP contribution >= 0.6 is 0 Å². The number of aromatic hydroxyl groups is 2. The minimum atomic E-state index is -1.95. The van der Waals surface area contributed by atoms with Crippen molar-refractivity contribution in [1.29, 1.82) is 0 Å². The second-order valence-electron chi connectivity index (χ2n) is 16.6. The summed E-state index contributed by atoms with van der Waals surface area (Å²) in [6.07, 6.45) is 5.03. The predicted octanol–water partition coefficient (Wildman–Crippen LogP) is 3.72. The molecular weight excluding hydrogens is 748 g/mol. The van der Waals surface area contributed by atoms with E-state index < -0.39 is 82.9 Å². The van der Waals surface area contributed by atoms with Crippen LogP contribution in [-0.4, -0.2) is 106 Å². The number of nitrogens with one attached hydrogen (secondary N) is 1. The summed E-state index contributed by atoms with van der Waals surface area (Å²) in [5.41, 5.74) is -0.114. The highest BCUT2D eigenvalue weighted by molar-refractivity contribution is 6.21. The number of methoxy groups -OCH3 is 1. The molecule has 58 heavy (non-hydrogen) atoms. The first kappa shape index (κ1) is 42.8. The van der Waals surface area contributed by atoms with Gasteiger partial charge in [-0.05, 0) is 27.0 Å². The number of piperidine rings is 1. The third-order valence-electron chi connectivity index (χ3n) is 12.4. The summed E-state index contributed by atoms with van der Waals surface area (Å²) in [6.45, 7) is 14.2. The van der Waals surface area contributed by atoms with Gasteiger partial charge in [0.1, 0.15) is 34.0 Å². The van der Waals surface area contributed by atoms with Crippen LogP contribution in [0.4, 0.5) is 5.69 Å². The van der Waals surface area contributed by atoms with Gasteiger partial charge in [-0.2, -0.15) is 0 Å². The lowest BCUT2D eigenvalue weighted by Gasteiger charge is -2.38. The number of ether oxygens (including phenoxy) is 4. The van der Waals surface area contributed by atoms with E-state index in [2.05, 4.69) is 15.2 Å². The molecule has 5 N–H and O–H groups in total. The van der Waals surface area contributed by atoms with Gasteiger partial charge >= 0.3 is 11.8 Å². The van der Waals surface area contributed by atoms with E-state index in [1.807, 2.05) is 7.05 Å². The number of likely N-dealkylation sites (tertiary alicyclic amines) is 1. The lowest BCUT2D eigenvalue weighted by atomic mass is 9.78. The zero-order valence-corrected chi connectivity index (χ0v) is 34.8. The lowest BCUT2D eigenvalue weighted by Crippen LogP contribution is -2.46. The minimum absolute atomic E-state index is 0.0498. The molecular formula is C43H56N4O11. The number of aliphatic hydroxyl groups is 2. The summed E-state index contributed by atoms with van der Waals surface area (Å²) in [6, 6.07) is 0. The van der Waals surface area contributed by atoms with Gasteiger partial charge in [-0.3, -0.25) is 19.4 Å². The summed E-state index contributed by atoms with van der Waals surface area (Å²) in [4.78, 5) is 52.3. The maximum absolute atomic E-state index is 14.6. The minimum Gasteiger partial charge on any atom is -0.507 e. The number of phenols is 2. The monoisotopic (exact) mass is 804 g/mol. The number of ketones is 1. The number of fused-ring (bicyclic) bond motifs is 1. The maximum Gasteiger partial charge on any atom is 0.312 e. The van der Waals surface area contributed by atoms with Gasteiger partial charge in [-0.1, -0.05) is 45.9 Å². The van der Waals surface area contributed by atoms with Crippen molar-refractivity contribution in [1.82, 2.24) is 4.90 Å². The van der Waals surface area contributed by atoms with E-state index in [0.717, 1.165) is 0 Å². The Morgan fingerprint density at radius 1 is 0.966 bits per heavy atom. The van der Waals surface area contributed by atoms with Gasteiger partial charge in [0, 0.05) is 87.1 Å². The van der Waals surface area contributed by atoms with Crippen molar-refractivity contribution in [3.05, 3.63) is 58.0 Å². The first-order valence-electron chi connectivity index (χ1n) is 19.8. The number of amides is 1. The molecule has 1 saturated heterocycles. The van der Waals surface area contributed by atoms with Crippen LogP contribution in [0, 0.1) is 30.6 Å². The molecule has 1 amide bonds. The lowest BCUT2D eigenvalue weighted by molar-refractivity contribution is -0.160. The smallest absolute Gasteiger partial charge is 0.312 e. The molecule has 0 aliphatic carbocycles. The number of carbonyl (C=O) groups is 3. The number of hydrogen-bond acceptors (Lipinski definition) is 14. The molecule has 2 aromatic carbocycles. The molecule has 2 aromatic rings. The molecule has 9 atom stereocenters. The molecule has 314 valence electrons. The molecule has 4 aliphatic heterocycles. The van der Waals surface area contributed by atoms with Crippen molar-refractivity contribution in [3.63, 3.8) is 0 Å². The Morgan fingerprint density at radius 3 is 2.28 bits per heavy atom. The maximum atomic E-state index is 14.6. The van der Waals surface area contributed by atoms with Crippen molar-refractivity contribution in [3.8, 4) is 17.2 Å². The average molecular weight is 805 g/mol. The Kier molecular flexibility index (Phi) is 11.9. The van der Waals surface area contributed by atoms with Crippen LogP contribution in [0.2, 0.25) is 0 Å². The Bertz CT molecular complexity index is 2230. The molecule has 4 bridgehead atoms.